The van der Waals surface area contributed by atoms with Gasteiger partial charge in [0, 0.05) is 5.56 Å². The second kappa shape index (κ2) is 7.14. The lowest BCUT2D eigenvalue weighted by molar-refractivity contribution is -0.182. The number of hydrogen-bond acceptors (Lipinski definition) is 4. The molecule has 0 spiro atoms. The largest absolute Gasteiger partial charge is 0.497 e. The summed E-state index contributed by atoms with van der Waals surface area (Å²) < 4.78 is 46.5. The van der Waals surface area contributed by atoms with Crippen molar-refractivity contribution in [1.82, 2.24) is 9.78 Å². The predicted molar refractivity (Wildman–Crippen MR) is 75.2 cm³/mol. The zero-order valence-corrected chi connectivity index (χ0v) is 12.1. The summed E-state index contributed by atoms with van der Waals surface area (Å²) in [5, 5.41) is 6.38. The molecule has 0 unspecified atom stereocenters. The quantitative estimate of drug-likeness (QED) is 0.885. The molecule has 0 saturated carbocycles. The molecule has 124 valence electrons. The fraction of sp³-hybridized carbons (Fsp3) is 0.286. The minimum Gasteiger partial charge on any atom is -0.497 e. The van der Waals surface area contributed by atoms with Crippen LogP contribution in [0.1, 0.15) is 10.4 Å². The highest BCUT2D eigenvalue weighted by Crippen LogP contribution is 2.16. The average molecular weight is 329 g/mol. The number of benzene rings is 1. The summed E-state index contributed by atoms with van der Waals surface area (Å²) in [5.74, 6) is 0.147. The summed E-state index contributed by atoms with van der Waals surface area (Å²) in [4.78, 5) is 12.1. The van der Waals surface area contributed by atoms with E-state index in [0.29, 0.717) is 17.0 Å². The molecule has 0 saturated heterocycles. The number of nitrogens with zero attached hydrogens (tertiary/aromatic N) is 2. The topological polar surface area (TPSA) is 65.4 Å². The van der Waals surface area contributed by atoms with Gasteiger partial charge in [-0.05, 0) is 18.2 Å². The van der Waals surface area contributed by atoms with Gasteiger partial charge in [0.15, 0.2) is 0 Å². The third-order valence-corrected chi connectivity index (χ3v) is 2.71. The molecule has 1 aromatic heterocycles. The van der Waals surface area contributed by atoms with Crippen LogP contribution in [-0.4, -0.2) is 35.6 Å². The fourth-order valence-electron chi connectivity index (χ4n) is 1.72. The minimum absolute atomic E-state index is 0.341. The first-order chi connectivity index (χ1) is 10.9. The number of hydrogen-bond donors (Lipinski definition) is 1. The van der Waals surface area contributed by atoms with Crippen molar-refractivity contribution in [3.8, 4) is 5.75 Å². The van der Waals surface area contributed by atoms with E-state index in [9.17, 15) is 18.0 Å². The highest BCUT2D eigenvalue weighted by Gasteiger charge is 2.27. The summed E-state index contributed by atoms with van der Waals surface area (Å²) in [6.45, 7) is -1.73. The molecule has 0 fully saturated rings. The molecule has 1 amide bonds. The zero-order chi connectivity index (χ0) is 16.9. The minimum atomic E-state index is -4.39. The Bertz CT molecular complexity index is 671. The Labute approximate surface area is 129 Å². The van der Waals surface area contributed by atoms with Gasteiger partial charge in [-0.1, -0.05) is 6.07 Å². The highest BCUT2D eigenvalue weighted by molar-refractivity contribution is 6.04. The van der Waals surface area contributed by atoms with Crippen LogP contribution >= 0.6 is 0 Å². The Morgan fingerprint density at radius 1 is 1.39 bits per heavy atom. The molecule has 2 aromatic rings. The number of methoxy groups -OCH3 is 1. The molecule has 1 heterocycles. The van der Waals surface area contributed by atoms with Crippen LogP contribution < -0.4 is 10.1 Å². The Kier molecular flexibility index (Phi) is 5.22. The van der Waals surface area contributed by atoms with E-state index in [-0.39, 0.29) is 12.6 Å². The number of carbonyl (C=O) groups is 1. The van der Waals surface area contributed by atoms with E-state index in [1.807, 2.05) is 0 Å². The molecule has 0 bridgehead atoms. The van der Waals surface area contributed by atoms with Crippen LogP contribution in [0.4, 0.5) is 18.9 Å². The summed E-state index contributed by atoms with van der Waals surface area (Å²) >= 11 is 0. The predicted octanol–water partition coefficient (Wildman–Crippen LogP) is 2.68. The van der Waals surface area contributed by atoms with Gasteiger partial charge in [-0.25, -0.2) is 4.68 Å². The molecule has 23 heavy (non-hydrogen) atoms. The van der Waals surface area contributed by atoms with Gasteiger partial charge in [-0.3, -0.25) is 4.79 Å². The highest BCUT2D eigenvalue weighted by atomic mass is 19.4. The van der Waals surface area contributed by atoms with Gasteiger partial charge in [0.2, 0.25) is 0 Å². The van der Waals surface area contributed by atoms with Crippen LogP contribution in [0.25, 0.3) is 0 Å². The molecule has 0 aliphatic heterocycles. The Hall–Kier alpha value is -2.55. The maximum absolute atomic E-state index is 12.1. The van der Waals surface area contributed by atoms with E-state index in [2.05, 4.69) is 15.2 Å². The smallest absolute Gasteiger partial charge is 0.411 e. The van der Waals surface area contributed by atoms with Gasteiger partial charge in [0.25, 0.3) is 5.91 Å². The van der Waals surface area contributed by atoms with Crippen molar-refractivity contribution in [3.63, 3.8) is 0 Å². The molecule has 1 aromatic carbocycles. The van der Waals surface area contributed by atoms with Gasteiger partial charge in [0.1, 0.15) is 19.1 Å². The van der Waals surface area contributed by atoms with Crippen molar-refractivity contribution in [3.05, 3.63) is 42.2 Å². The maximum Gasteiger partial charge on any atom is 0.411 e. The van der Waals surface area contributed by atoms with Crippen LogP contribution in [0.2, 0.25) is 0 Å². The standard InChI is InChI=1S/C14H14F3N3O3/c1-22-12-4-2-3-10(5-12)13(21)19-11-6-18-20(7-11)9-23-8-14(15,16)17/h2-7H,8-9H2,1H3,(H,19,21). The number of rotatable bonds is 6. The van der Waals surface area contributed by atoms with Crippen LogP contribution in [0.3, 0.4) is 0 Å². The molecule has 0 aliphatic rings. The van der Waals surface area contributed by atoms with Gasteiger partial charge in [-0.15, -0.1) is 0 Å². The third kappa shape index (κ3) is 5.29. The van der Waals surface area contributed by atoms with Gasteiger partial charge in [-0.2, -0.15) is 18.3 Å². The van der Waals surface area contributed by atoms with Crippen molar-refractivity contribution in [2.75, 3.05) is 19.0 Å². The fourth-order valence-corrected chi connectivity index (χ4v) is 1.72. The van der Waals surface area contributed by atoms with Crippen molar-refractivity contribution in [2.24, 2.45) is 0 Å². The molecular weight excluding hydrogens is 315 g/mol. The lowest BCUT2D eigenvalue weighted by atomic mass is 10.2. The van der Waals surface area contributed by atoms with E-state index in [0.717, 1.165) is 4.68 Å². The number of anilines is 1. The lowest BCUT2D eigenvalue weighted by Gasteiger charge is -2.07. The Balaban J connectivity index is 1.92. The van der Waals surface area contributed by atoms with Crippen LogP contribution in [0.5, 0.6) is 5.75 Å². The summed E-state index contributed by atoms with van der Waals surface area (Å²) in [7, 11) is 1.49. The Morgan fingerprint density at radius 3 is 2.87 bits per heavy atom. The molecular formula is C14H14F3N3O3. The average Bonchev–Trinajstić information content (AvgIpc) is 2.93. The van der Waals surface area contributed by atoms with E-state index < -0.39 is 12.8 Å². The van der Waals surface area contributed by atoms with Crippen molar-refractivity contribution >= 4 is 11.6 Å². The molecule has 0 radical (unpaired) electrons. The second-order valence-corrected chi connectivity index (χ2v) is 4.55. The van der Waals surface area contributed by atoms with Crippen molar-refractivity contribution in [2.45, 2.75) is 12.9 Å². The number of amides is 1. The number of halogens is 3. The summed E-state index contributed by atoms with van der Waals surface area (Å²) in [6.07, 6.45) is -1.71. The first kappa shape index (κ1) is 16.8. The van der Waals surface area contributed by atoms with E-state index in [1.54, 1.807) is 24.3 Å². The molecule has 9 heteroatoms. The molecule has 6 nitrogen and oxygen atoms in total. The molecule has 1 N–H and O–H groups in total. The normalized spacial score (nSPS) is 11.3. The summed E-state index contributed by atoms with van der Waals surface area (Å²) in [5.41, 5.74) is 0.721. The molecule has 0 atom stereocenters. The monoisotopic (exact) mass is 329 g/mol. The van der Waals surface area contributed by atoms with E-state index in [1.165, 1.54) is 19.5 Å². The first-order valence-electron chi connectivity index (χ1n) is 6.50. The zero-order valence-electron chi connectivity index (χ0n) is 12.1. The van der Waals surface area contributed by atoms with Gasteiger partial charge >= 0.3 is 6.18 Å². The summed E-state index contributed by atoms with van der Waals surface area (Å²) in [6, 6.07) is 6.54. The molecule has 2 rings (SSSR count). The van der Waals surface area contributed by atoms with Crippen LogP contribution in [0.15, 0.2) is 36.7 Å². The number of aromatic nitrogens is 2. The number of alkyl halides is 3. The third-order valence-electron chi connectivity index (χ3n) is 2.71. The number of nitrogens with one attached hydrogen (secondary N) is 1. The molecule has 0 aliphatic carbocycles. The lowest BCUT2D eigenvalue weighted by Crippen LogP contribution is -2.18. The Morgan fingerprint density at radius 2 is 2.17 bits per heavy atom. The van der Waals surface area contributed by atoms with Crippen molar-refractivity contribution in [1.29, 1.82) is 0 Å². The van der Waals surface area contributed by atoms with E-state index >= 15 is 0 Å². The number of ether oxygens (including phenoxy) is 2. The van der Waals surface area contributed by atoms with Crippen LogP contribution in [0, 0.1) is 0 Å². The van der Waals surface area contributed by atoms with Gasteiger partial charge in [0.05, 0.1) is 25.2 Å². The van der Waals surface area contributed by atoms with Crippen molar-refractivity contribution < 1.29 is 27.4 Å². The SMILES string of the molecule is COc1cccc(C(=O)Nc2cnn(COCC(F)(F)F)c2)c1. The maximum atomic E-state index is 12.1. The second-order valence-electron chi connectivity index (χ2n) is 4.55. The first-order valence-corrected chi connectivity index (χ1v) is 6.50. The van der Waals surface area contributed by atoms with Gasteiger partial charge < -0.3 is 14.8 Å². The van der Waals surface area contributed by atoms with Crippen LogP contribution in [-0.2, 0) is 11.5 Å². The van der Waals surface area contributed by atoms with E-state index in [4.69, 9.17) is 4.74 Å². The number of carbonyl (C=O) groups excluding carboxylic acids is 1.